The molecule has 3 N–H and O–H groups in total. The van der Waals surface area contributed by atoms with E-state index in [1.165, 1.54) is 0 Å². The first-order valence-corrected chi connectivity index (χ1v) is 8.77. The van der Waals surface area contributed by atoms with Crippen LogP contribution >= 0.6 is 0 Å². The number of aliphatic carboxylic acids is 1. The van der Waals surface area contributed by atoms with Gasteiger partial charge in [0.25, 0.3) is 0 Å². The summed E-state index contributed by atoms with van der Waals surface area (Å²) in [7, 11) is -3.24. The average Bonchev–Trinajstić information content (AvgIpc) is 2.83. The van der Waals surface area contributed by atoms with Gasteiger partial charge in [0.2, 0.25) is 5.91 Å². The van der Waals surface area contributed by atoms with Crippen LogP contribution in [0.15, 0.2) is 0 Å². The Balaban J connectivity index is 2.36. The Morgan fingerprint density at radius 1 is 1.30 bits per heavy atom. The van der Waals surface area contributed by atoms with Crippen LogP contribution in [-0.2, 0) is 19.4 Å². The van der Waals surface area contributed by atoms with E-state index in [1.54, 1.807) is 0 Å². The monoisotopic (exact) mass is 306 g/mol. The summed E-state index contributed by atoms with van der Waals surface area (Å²) in [6, 6.07) is -0.845. The molecule has 1 saturated carbocycles. The van der Waals surface area contributed by atoms with Gasteiger partial charge in [0.15, 0.2) is 0 Å². The van der Waals surface area contributed by atoms with Gasteiger partial charge < -0.3 is 15.7 Å². The Kier molecular flexibility index (Phi) is 6.41. The van der Waals surface area contributed by atoms with E-state index in [1.807, 2.05) is 0 Å². The summed E-state index contributed by atoms with van der Waals surface area (Å²) in [5.74, 6) is -1.90. The van der Waals surface area contributed by atoms with Crippen molar-refractivity contribution in [1.82, 2.24) is 10.6 Å². The molecule has 0 heterocycles. The Labute approximate surface area is 119 Å². The SMILES string of the molecule is CS(=O)(=O)CCC(NC(=O)CNC1CCCC1)C(=O)O. The molecule has 1 unspecified atom stereocenters. The number of carbonyl (C=O) groups is 2. The molecule has 0 bridgehead atoms. The Bertz CT molecular complexity index is 443. The molecule has 1 fully saturated rings. The third-order valence-electron chi connectivity index (χ3n) is 3.32. The molecular formula is C12H22N2O5S. The zero-order chi connectivity index (χ0) is 15.2. The van der Waals surface area contributed by atoms with Crippen LogP contribution in [-0.4, -0.2) is 56.0 Å². The van der Waals surface area contributed by atoms with Crippen molar-refractivity contribution in [3.63, 3.8) is 0 Å². The number of nitrogens with one attached hydrogen (secondary N) is 2. The zero-order valence-electron chi connectivity index (χ0n) is 11.6. The van der Waals surface area contributed by atoms with E-state index < -0.39 is 27.8 Å². The van der Waals surface area contributed by atoms with Crippen molar-refractivity contribution in [3.05, 3.63) is 0 Å². The van der Waals surface area contributed by atoms with Crippen LogP contribution in [0, 0.1) is 0 Å². The number of hydrogen-bond acceptors (Lipinski definition) is 5. The summed E-state index contributed by atoms with van der Waals surface area (Å²) in [6.07, 6.45) is 5.27. The molecule has 7 nitrogen and oxygen atoms in total. The second-order valence-corrected chi connectivity index (χ2v) is 7.50. The lowest BCUT2D eigenvalue weighted by Crippen LogP contribution is -2.46. The summed E-state index contributed by atoms with van der Waals surface area (Å²) < 4.78 is 22.1. The molecule has 8 heteroatoms. The van der Waals surface area contributed by atoms with E-state index in [0.717, 1.165) is 31.9 Å². The van der Waals surface area contributed by atoms with Gasteiger partial charge in [-0.3, -0.25) is 4.79 Å². The normalized spacial score (nSPS) is 17.9. The minimum absolute atomic E-state index is 0.0628. The summed E-state index contributed by atoms with van der Waals surface area (Å²) >= 11 is 0. The van der Waals surface area contributed by atoms with Gasteiger partial charge in [-0.25, -0.2) is 13.2 Å². The molecule has 1 aliphatic rings. The van der Waals surface area contributed by atoms with Crippen molar-refractivity contribution in [2.45, 2.75) is 44.2 Å². The Hall–Kier alpha value is -1.15. The van der Waals surface area contributed by atoms with Gasteiger partial charge >= 0.3 is 5.97 Å². The lowest BCUT2D eigenvalue weighted by Gasteiger charge is -2.16. The van der Waals surface area contributed by atoms with Crippen LogP contribution in [0.5, 0.6) is 0 Å². The average molecular weight is 306 g/mol. The van der Waals surface area contributed by atoms with Gasteiger partial charge in [0.05, 0.1) is 12.3 Å². The molecule has 1 aliphatic carbocycles. The number of carboxylic acids is 1. The highest BCUT2D eigenvalue weighted by Gasteiger charge is 2.22. The second-order valence-electron chi connectivity index (χ2n) is 5.24. The minimum Gasteiger partial charge on any atom is -0.480 e. The zero-order valence-corrected chi connectivity index (χ0v) is 12.4. The Morgan fingerprint density at radius 2 is 1.90 bits per heavy atom. The molecule has 116 valence electrons. The topological polar surface area (TPSA) is 113 Å². The molecule has 1 atom stereocenters. The number of rotatable bonds is 8. The first kappa shape index (κ1) is 16.9. The van der Waals surface area contributed by atoms with Crippen molar-refractivity contribution < 1.29 is 23.1 Å². The summed E-state index contributed by atoms with van der Waals surface area (Å²) in [5, 5.41) is 14.4. The summed E-state index contributed by atoms with van der Waals surface area (Å²) in [6.45, 7) is 0.0628. The van der Waals surface area contributed by atoms with Gasteiger partial charge in [-0.1, -0.05) is 12.8 Å². The summed E-state index contributed by atoms with van der Waals surface area (Å²) in [5.41, 5.74) is 0. The summed E-state index contributed by atoms with van der Waals surface area (Å²) in [4.78, 5) is 22.6. The molecule has 0 saturated heterocycles. The minimum atomic E-state index is -3.24. The van der Waals surface area contributed by atoms with E-state index in [2.05, 4.69) is 10.6 Å². The maximum Gasteiger partial charge on any atom is 0.326 e. The quantitative estimate of drug-likeness (QED) is 0.558. The van der Waals surface area contributed by atoms with Crippen LogP contribution in [0.25, 0.3) is 0 Å². The van der Waals surface area contributed by atoms with Gasteiger partial charge in [-0.2, -0.15) is 0 Å². The van der Waals surface area contributed by atoms with E-state index in [9.17, 15) is 18.0 Å². The highest BCUT2D eigenvalue weighted by Crippen LogP contribution is 2.17. The van der Waals surface area contributed by atoms with Crippen LogP contribution in [0.4, 0.5) is 0 Å². The molecule has 0 aromatic carbocycles. The highest BCUT2D eigenvalue weighted by molar-refractivity contribution is 7.90. The van der Waals surface area contributed by atoms with Crippen LogP contribution < -0.4 is 10.6 Å². The molecule has 0 spiro atoms. The molecule has 0 radical (unpaired) electrons. The Morgan fingerprint density at radius 3 is 2.40 bits per heavy atom. The molecule has 1 amide bonds. The van der Waals surface area contributed by atoms with Crippen molar-refractivity contribution in [2.24, 2.45) is 0 Å². The molecule has 1 rings (SSSR count). The first-order chi connectivity index (χ1) is 9.28. The van der Waals surface area contributed by atoms with Crippen molar-refractivity contribution in [3.8, 4) is 0 Å². The number of sulfone groups is 1. The smallest absolute Gasteiger partial charge is 0.326 e. The van der Waals surface area contributed by atoms with Crippen LogP contribution in [0.2, 0.25) is 0 Å². The fraction of sp³-hybridized carbons (Fsp3) is 0.833. The largest absolute Gasteiger partial charge is 0.480 e. The standard InChI is InChI=1S/C12H22N2O5S/c1-20(18,19)7-6-10(12(16)17)14-11(15)8-13-9-4-2-3-5-9/h9-10,13H,2-8H2,1H3,(H,14,15)(H,16,17). The van der Waals surface area contributed by atoms with Crippen molar-refractivity contribution in [1.29, 1.82) is 0 Å². The number of hydrogen-bond donors (Lipinski definition) is 3. The van der Waals surface area contributed by atoms with Crippen LogP contribution in [0.3, 0.4) is 0 Å². The number of carboxylic acid groups (broad SMARTS) is 1. The van der Waals surface area contributed by atoms with Crippen LogP contribution in [0.1, 0.15) is 32.1 Å². The second kappa shape index (κ2) is 7.58. The first-order valence-electron chi connectivity index (χ1n) is 6.71. The lowest BCUT2D eigenvalue weighted by molar-refractivity contribution is -0.141. The van der Waals surface area contributed by atoms with Gasteiger partial charge in [-0.15, -0.1) is 0 Å². The molecular weight excluding hydrogens is 284 g/mol. The highest BCUT2D eigenvalue weighted by atomic mass is 32.2. The van der Waals surface area contributed by atoms with Gasteiger partial charge in [0.1, 0.15) is 15.9 Å². The van der Waals surface area contributed by atoms with E-state index >= 15 is 0 Å². The molecule has 20 heavy (non-hydrogen) atoms. The third kappa shape index (κ3) is 6.85. The number of carbonyl (C=O) groups excluding carboxylic acids is 1. The van der Waals surface area contributed by atoms with E-state index in [4.69, 9.17) is 5.11 Å². The number of amides is 1. The van der Waals surface area contributed by atoms with Crippen molar-refractivity contribution in [2.75, 3.05) is 18.6 Å². The fourth-order valence-electron chi connectivity index (χ4n) is 2.20. The van der Waals surface area contributed by atoms with E-state index in [-0.39, 0.29) is 18.7 Å². The third-order valence-corrected chi connectivity index (χ3v) is 4.29. The molecule has 0 aliphatic heterocycles. The maximum atomic E-state index is 11.7. The predicted molar refractivity (Wildman–Crippen MR) is 74.2 cm³/mol. The van der Waals surface area contributed by atoms with Gasteiger partial charge in [-0.05, 0) is 19.3 Å². The van der Waals surface area contributed by atoms with E-state index in [0.29, 0.717) is 6.04 Å². The van der Waals surface area contributed by atoms with Gasteiger partial charge in [0, 0.05) is 12.3 Å². The lowest BCUT2D eigenvalue weighted by atomic mass is 10.2. The molecule has 0 aromatic heterocycles. The maximum absolute atomic E-state index is 11.7. The van der Waals surface area contributed by atoms with Crippen molar-refractivity contribution >= 4 is 21.7 Å². The fourth-order valence-corrected chi connectivity index (χ4v) is 2.87. The molecule has 0 aromatic rings. The predicted octanol–water partition coefficient (Wildman–Crippen LogP) is -0.477.